The Morgan fingerprint density at radius 1 is 0.941 bits per heavy atom. The molecule has 0 spiro atoms. The average Bonchev–Trinajstić information content (AvgIpc) is 2.38. The lowest BCUT2D eigenvalue weighted by Gasteiger charge is -1.97. The molecule has 0 aromatic heterocycles. The van der Waals surface area contributed by atoms with Gasteiger partial charge in [0.05, 0.1) is 10.8 Å². The molecular weight excluding hydrogens is 296 g/mol. The first-order chi connectivity index (χ1) is 8.25. The Morgan fingerprint density at radius 3 is 2.24 bits per heavy atom. The van der Waals surface area contributed by atoms with Crippen LogP contribution in [0.15, 0.2) is 69.4 Å². The van der Waals surface area contributed by atoms with Crippen LogP contribution in [0.25, 0.3) is 6.08 Å². The molecule has 1 nitrogen and oxygen atoms in total. The highest BCUT2D eigenvalue weighted by Gasteiger charge is 1.98. The smallest absolute Gasteiger partial charge is 0.0776 e. The maximum Gasteiger partial charge on any atom is 0.0776 e. The second-order valence-corrected chi connectivity index (χ2v) is 5.72. The number of benzene rings is 2. The fourth-order valence-electron chi connectivity index (χ4n) is 1.35. The second-order valence-electron chi connectivity index (χ2n) is 3.46. The molecule has 86 valence electrons. The van der Waals surface area contributed by atoms with Gasteiger partial charge in [-0.1, -0.05) is 46.3 Å². The molecule has 2 aromatic carbocycles. The first kappa shape index (κ1) is 12.3. The highest BCUT2D eigenvalue weighted by atomic mass is 79.9. The van der Waals surface area contributed by atoms with Gasteiger partial charge >= 0.3 is 0 Å². The molecule has 1 unspecified atom stereocenters. The van der Waals surface area contributed by atoms with E-state index in [0.717, 1.165) is 14.9 Å². The molecule has 0 saturated carbocycles. The molecule has 0 bridgehead atoms. The van der Waals surface area contributed by atoms with Crippen LogP contribution in [0.1, 0.15) is 5.56 Å². The van der Waals surface area contributed by atoms with Gasteiger partial charge in [-0.25, -0.2) is 4.21 Å². The van der Waals surface area contributed by atoms with Crippen molar-refractivity contribution in [2.45, 2.75) is 4.90 Å². The van der Waals surface area contributed by atoms with E-state index in [1.54, 1.807) is 5.41 Å². The third-order valence-electron chi connectivity index (χ3n) is 2.23. The Bertz CT molecular complexity index is 532. The van der Waals surface area contributed by atoms with Crippen LogP contribution in [-0.2, 0) is 10.8 Å². The van der Waals surface area contributed by atoms with Crippen molar-refractivity contribution < 1.29 is 4.21 Å². The van der Waals surface area contributed by atoms with E-state index in [1.807, 2.05) is 60.7 Å². The molecule has 0 aliphatic heterocycles. The molecule has 0 fully saturated rings. The predicted molar refractivity (Wildman–Crippen MR) is 76.0 cm³/mol. The fourth-order valence-corrected chi connectivity index (χ4v) is 2.46. The molecule has 2 aromatic rings. The molecule has 2 rings (SSSR count). The van der Waals surface area contributed by atoms with Crippen LogP contribution in [0, 0.1) is 0 Å². The summed E-state index contributed by atoms with van der Waals surface area (Å²) in [5.74, 6) is 0. The molecular formula is C14H11BrOS. The van der Waals surface area contributed by atoms with Crippen LogP contribution >= 0.6 is 15.9 Å². The summed E-state index contributed by atoms with van der Waals surface area (Å²) in [4.78, 5) is 0.806. The number of hydrogen-bond donors (Lipinski definition) is 0. The van der Waals surface area contributed by atoms with Gasteiger partial charge in [0.2, 0.25) is 0 Å². The van der Waals surface area contributed by atoms with E-state index in [2.05, 4.69) is 15.9 Å². The standard InChI is InChI=1S/C14H11BrOS/c15-13-6-8-14(9-7-13)17(16)11-10-12-4-2-1-3-5-12/h1-11H/b11-10+. The molecule has 0 amide bonds. The highest BCUT2D eigenvalue weighted by molar-refractivity contribution is 9.10. The maximum atomic E-state index is 11.9. The minimum absolute atomic E-state index is 0.806. The van der Waals surface area contributed by atoms with Crippen molar-refractivity contribution in [1.29, 1.82) is 0 Å². The molecule has 17 heavy (non-hydrogen) atoms. The van der Waals surface area contributed by atoms with E-state index in [0.29, 0.717) is 0 Å². The van der Waals surface area contributed by atoms with E-state index >= 15 is 0 Å². The van der Waals surface area contributed by atoms with E-state index in [-0.39, 0.29) is 0 Å². The molecule has 3 heteroatoms. The quantitative estimate of drug-likeness (QED) is 0.829. The Labute approximate surface area is 112 Å². The fraction of sp³-hybridized carbons (Fsp3) is 0. The van der Waals surface area contributed by atoms with E-state index < -0.39 is 10.8 Å². The number of hydrogen-bond acceptors (Lipinski definition) is 1. The van der Waals surface area contributed by atoms with Gasteiger partial charge in [0.25, 0.3) is 0 Å². The molecule has 0 N–H and O–H groups in total. The molecule has 0 heterocycles. The van der Waals surface area contributed by atoms with Gasteiger partial charge in [0, 0.05) is 14.8 Å². The summed E-state index contributed by atoms with van der Waals surface area (Å²) in [6.07, 6.45) is 1.87. The highest BCUT2D eigenvalue weighted by Crippen LogP contribution is 2.14. The minimum Gasteiger partial charge on any atom is -0.250 e. The first-order valence-electron chi connectivity index (χ1n) is 5.15. The predicted octanol–water partition coefficient (Wildman–Crippen LogP) is 4.23. The van der Waals surface area contributed by atoms with Crippen LogP contribution < -0.4 is 0 Å². The molecule has 0 aliphatic carbocycles. The summed E-state index contributed by atoms with van der Waals surface area (Å²) in [7, 11) is -1.09. The molecule has 0 radical (unpaired) electrons. The molecule has 1 atom stereocenters. The van der Waals surface area contributed by atoms with Gasteiger partial charge in [-0.2, -0.15) is 0 Å². The Balaban J connectivity index is 2.12. The zero-order valence-corrected chi connectivity index (χ0v) is 11.4. The van der Waals surface area contributed by atoms with Crippen molar-refractivity contribution in [2.24, 2.45) is 0 Å². The van der Waals surface area contributed by atoms with E-state index in [4.69, 9.17) is 0 Å². The Hall–Kier alpha value is -1.19. The largest absolute Gasteiger partial charge is 0.250 e. The second kappa shape index (κ2) is 5.94. The van der Waals surface area contributed by atoms with Crippen LogP contribution in [0.2, 0.25) is 0 Å². The van der Waals surface area contributed by atoms with Crippen molar-refractivity contribution in [3.8, 4) is 0 Å². The van der Waals surface area contributed by atoms with Gasteiger partial charge in [-0.05, 0) is 35.9 Å². The molecule has 0 aliphatic rings. The minimum atomic E-state index is -1.09. The molecule has 0 saturated heterocycles. The summed E-state index contributed by atoms with van der Waals surface area (Å²) in [6.45, 7) is 0. The van der Waals surface area contributed by atoms with Gasteiger partial charge in [-0.15, -0.1) is 0 Å². The van der Waals surface area contributed by atoms with Crippen LogP contribution in [0.4, 0.5) is 0 Å². The first-order valence-corrected chi connectivity index (χ1v) is 7.16. The SMILES string of the molecule is O=S(/C=C/c1ccccc1)c1ccc(Br)cc1. The van der Waals surface area contributed by atoms with Crippen molar-refractivity contribution in [3.63, 3.8) is 0 Å². The lowest BCUT2D eigenvalue weighted by molar-refractivity contribution is 0.688. The van der Waals surface area contributed by atoms with Crippen molar-refractivity contribution in [2.75, 3.05) is 0 Å². The van der Waals surface area contributed by atoms with Crippen molar-refractivity contribution in [1.82, 2.24) is 0 Å². The van der Waals surface area contributed by atoms with E-state index in [1.165, 1.54) is 0 Å². The Morgan fingerprint density at radius 2 is 1.59 bits per heavy atom. The summed E-state index contributed by atoms with van der Waals surface area (Å²) in [5, 5.41) is 1.71. The monoisotopic (exact) mass is 306 g/mol. The maximum absolute atomic E-state index is 11.9. The summed E-state index contributed by atoms with van der Waals surface area (Å²) < 4.78 is 12.9. The average molecular weight is 307 g/mol. The zero-order chi connectivity index (χ0) is 12.1. The van der Waals surface area contributed by atoms with Crippen LogP contribution in [0.3, 0.4) is 0 Å². The lowest BCUT2D eigenvalue weighted by Crippen LogP contribution is -1.85. The number of halogens is 1. The topological polar surface area (TPSA) is 17.1 Å². The van der Waals surface area contributed by atoms with Crippen molar-refractivity contribution in [3.05, 3.63) is 70.0 Å². The lowest BCUT2D eigenvalue weighted by atomic mass is 10.2. The van der Waals surface area contributed by atoms with Crippen LogP contribution in [0.5, 0.6) is 0 Å². The van der Waals surface area contributed by atoms with Crippen LogP contribution in [-0.4, -0.2) is 4.21 Å². The summed E-state index contributed by atoms with van der Waals surface area (Å²) in [5.41, 5.74) is 1.05. The van der Waals surface area contributed by atoms with Gasteiger partial charge in [0.15, 0.2) is 0 Å². The van der Waals surface area contributed by atoms with Crippen molar-refractivity contribution >= 4 is 32.8 Å². The van der Waals surface area contributed by atoms with Gasteiger partial charge < -0.3 is 0 Å². The number of rotatable bonds is 3. The third-order valence-corrected chi connectivity index (χ3v) is 3.88. The normalized spacial score (nSPS) is 12.8. The summed E-state index contributed by atoms with van der Waals surface area (Å²) in [6, 6.07) is 17.3. The third kappa shape index (κ3) is 3.65. The Kier molecular flexibility index (Phi) is 4.29. The van der Waals surface area contributed by atoms with Gasteiger partial charge in [0.1, 0.15) is 0 Å². The zero-order valence-electron chi connectivity index (χ0n) is 9.05. The summed E-state index contributed by atoms with van der Waals surface area (Å²) >= 11 is 3.35. The van der Waals surface area contributed by atoms with Gasteiger partial charge in [-0.3, -0.25) is 0 Å². The van der Waals surface area contributed by atoms with E-state index in [9.17, 15) is 4.21 Å².